The van der Waals surface area contributed by atoms with Crippen LogP contribution in [0.3, 0.4) is 0 Å². The molecule has 30 heavy (non-hydrogen) atoms. The van der Waals surface area contributed by atoms with E-state index >= 15 is 4.39 Å². The first kappa shape index (κ1) is 22.4. The monoisotopic (exact) mass is 432 g/mol. The smallest absolute Gasteiger partial charge is 0.336 e. The van der Waals surface area contributed by atoms with E-state index in [1.165, 1.54) is 30.3 Å². The van der Waals surface area contributed by atoms with Gasteiger partial charge < -0.3 is 10.2 Å². The fraction of sp³-hybridized carbons (Fsp3) is 0.417. The van der Waals surface area contributed by atoms with Crippen LogP contribution in [0.1, 0.15) is 77.8 Å². The largest absolute Gasteiger partial charge is 0.478 e. The van der Waals surface area contributed by atoms with Gasteiger partial charge in [0.15, 0.2) is 5.78 Å². The number of carbonyl (C=O) groups excluding carboxylic acids is 1. The van der Waals surface area contributed by atoms with Crippen molar-refractivity contribution in [2.75, 3.05) is 0 Å². The molecule has 0 bridgehead atoms. The first-order valence-electron chi connectivity index (χ1n) is 10.3. The third-order valence-corrected chi connectivity index (χ3v) is 6.64. The second-order valence-corrected chi connectivity index (χ2v) is 8.69. The molecule has 160 valence electrons. The first-order valence-corrected chi connectivity index (χ1v) is 10.6. The van der Waals surface area contributed by atoms with Crippen LogP contribution in [-0.4, -0.2) is 22.0 Å². The van der Waals surface area contributed by atoms with Crippen molar-refractivity contribution < 1.29 is 24.2 Å². The molecule has 0 radical (unpaired) electrons. The summed E-state index contributed by atoms with van der Waals surface area (Å²) in [6, 6.07) is 8.21. The molecule has 1 saturated carbocycles. The maximum Gasteiger partial charge on any atom is 0.336 e. The van der Waals surface area contributed by atoms with E-state index in [-0.39, 0.29) is 17.0 Å². The van der Waals surface area contributed by atoms with Gasteiger partial charge in [-0.05, 0) is 73.1 Å². The molecular formula is C24H26ClFO4. The summed E-state index contributed by atoms with van der Waals surface area (Å²) in [5.41, 5.74) is -1.94. The van der Waals surface area contributed by atoms with E-state index < -0.39 is 34.3 Å². The predicted molar refractivity (Wildman–Crippen MR) is 114 cm³/mol. The molecule has 0 heterocycles. The van der Waals surface area contributed by atoms with E-state index in [0.29, 0.717) is 17.4 Å². The Kier molecular flexibility index (Phi) is 6.63. The lowest BCUT2D eigenvalue weighted by Gasteiger charge is -2.40. The van der Waals surface area contributed by atoms with Crippen molar-refractivity contribution in [2.24, 2.45) is 11.8 Å². The van der Waals surface area contributed by atoms with Gasteiger partial charge >= 0.3 is 5.97 Å². The molecule has 0 spiro atoms. The fourth-order valence-corrected chi connectivity index (χ4v) is 4.59. The quantitative estimate of drug-likeness (QED) is 0.563. The summed E-state index contributed by atoms with van der Waals surface area (Å²) in [5.74, 6) is -2.60. The Balaban J connectivity index is 2.07. The first-order chi connectivity index (χ1) is 14.2. The molecular weight excluding hydrogens is 407 g/mol. The average Bonchev–Trinajstić information content (AvgIpc) is 2.73. The summed E-state index contributed by atoms with van der Waals surface area (Å²) in [7, 11) is 0. The standard InChI is InChI=1S/C24H26ClFO4/c1-3-24(30,16-8-4-14(2)5-9-16)17-12-19(23(28)29)21(20(26)13-17)22(27)15-6-10-18(25)11-7-15/h6-7,10-14,16,30H,3-5,8-9H2,1-2H3,(H,28,29). The molecule has 1 fully saturated rings. The highest BCUT2D eigenvalue weighted by Gasteiger charge is 2.40. The van der Waals surface area contributed by atoms with Gasteiger partial charge in [0, 0.05) is 10.6 Å². The molecule has 1 aliphatic carbocycles. The van der Waals surface area contributed by atoms with E-state index in [4.69, 9.17) is 11.6 Å². The molecule has 2 N–H and O–H groups in total. The zero-order valence-corrected chi connectivity index (χ0v) is 17.9. The number of aromatic carboxylic acids is 1. The topological polar surface area (TPSA) is 74.6 Å². The predicted octanol–water partition coefficient (Wildman–Crippen LogP) is 5.83. The lowest BCUT2D eigenvalue weighted by atomic mass is 9.69. The summed E-state index contributed by atoms with van der Waals surface area (Å²) in [6.07, 6.45) is 3.85. The Bertz CT molecular complexity index is 948. The van der Waals surface area contributed by atoms with Gasteiger partial charge in [-0.2, -0.15) is 0 Å². The van der Waals surface area contributed by atoms with Crippen molar-refractivity contribution in [3.05, 3.63) is 69.5 Å². The summed E-state index contributed by atoms with van der Waals surface area (Å²) in [6.45, 7) is 3.98. The van der Waals surface area contributed by atoms with Crippen LogP contribution in [0.4, 0.5) is 4.39 Å². The number of carbonyl (C=O) groups is 2. The van der Waals surface area contributed by atoms with Gasteiger partial charge in [-0.1, -0.05) is 38.3 Å². The zero-order valence-electron chi connectivity index (χ0n) is 17.1. The molecule has 1 atom stereocenters. The maximum atomic E-state index is 15.2. The number of rotatable bonds is 6. The Labute approximate surface area is 180 Å². The van der Waals surface area contributed by atoms with Gasteiger partial charge in [0.2, 0.25) is 0 Å². The van der Waals surface area contributed by atoms with Crippen LogP contribution in [0.25, 0.3) is 0 Å². The number of benzene rings is 2. The van der Waals surface area contributed by atoms with Gasteiger partial charge in [0.1, 0.15) is 5.82 Å². The molecule has 3 rings (SSSR count). The molecule has 2 aromatic rings. The molecule has 1 unspecified atom stereocenters. The minimum atomic E-state index is -1.41. The van der Waals surface area contributed by atoms with Crippen LogP contribution in [0.2, 0.25) is 5.02 Å². The number of hydrogen-bond donors (Lipinski definition) is 2. The van der Waals surface area contributed by atoms with Crippen LogP contribution >= 0.6 is 11.6 Å². The maximum absolute atomic E-state index is 15.2. The van der Waals surface area contributed by atoms with E-state index in [1.54, 1.807) is 0 Å². The molecule has 0 amide bonds. The average molecular weight is 433 g/mol. The molecule has 6 heteroatoms. The van der Waals surface area contributed by atoms with Crippen molar-refractivity contribution in [1.29, 1.82) is 0 Å². The molecule has 4 nitrogen and oxygen atoms in total. The SMILES string of the molecule is CCC(O)(c1cc(F)c(C(=O)c2ccc(Cl)cc2)c(C(=O)O)c1)C1CCC(C)CC1. The van der Waals surface area contributed by atoms with Crippen LogP contribution in [0, 0.1) is 17.7 Å². The van der Waals surface area contributed by atoms with Gasteiger partial charge in [-0.3, -0.25) is 4.79 Å². The minimum Gasteiger partial charge on any atom is -0.478 e. The van der Waals surface area contributed by atoms with Crippen molar-refractivity contribution >= 4 is 23.4 Å². The molecule has 0 aliphatic heterocycles. The highest BCUT2D eigenvalue weighted by atomic mass is 35.5. The Morgan fingerprint density at radius 2 is 1.73 bits per heavy atom. The van der Waals surface area contributed by atoms with E-state index in [0.717, 1.165) is 31.7 Å². The van der Waals surface area contributed by atoms with Crippen molar-refractivity contribution in [3.8, 4) is 0 Å². The third kappa shape index (κ3) is 4.28. The number of hydrogen-bond acceptors (Lipinski definition) is 3. The van der Waals surface area contributed by atoms with Crippen LogP contribution in [0.5, 0.6) is 0 Å². The highest BCUT2D eigenvalue weighted by molar-refractivity contribution is 6.30. The highest BCUT2D eigenvalue weighted by Crippen LogP contribution is 2.43. The van der Waals surface area contributed by atoms with Crippen molar-refractivity contribution in [2.45, 2.75) is 51.6 Å². The normalized spacial score (nSPS) is 21.1. The van der Waals surface area contributed by atoms with Crippen molar-refractivity contribution in [1.82, 2.24) is 0 Å². The number of aliphatic hydroxyl groups is 1. The number of carboxylic acids is 1. The van der Waals surface area contributed by atoms with Gasteiger partial charge in [0.25, 0.3) is 0 Å². The summed E-state index contributed by atoms with van der Waals surface area (Å²) < 4.78 is 15.2. The lowest BCUT2D eigenvalue weighted by molar-refractivity contribution is -0.0467. The Morgan fingerprint density at radius 3 is 2.27 bits per heavy atom. The molecule has 1 aliphatic rings. The summed E-state index contributed by atoms with van der Waals surface area (Å²) in [4.78, 5) is 24.8. The molecule has 0 saturated heterocycles. The van der Waals surface area contributed by atoms with Gasteiger partial charge in [-0.15, -0.1) is 0 Å². The Morgan fingerprint density at radius 1 is 1.13 bits per heavy atom. The van der Waals surface area contributed by atoms with E-state index in [2.05, 4.69) is 6.92 Å². The van der Waals surface area contributed by atoms with E-state index in [1.807, 2.05) is 6.92 Å². The Hall–Kier alpha value is -2.24. The van der Waals surface area contributed by atoms with Crippen LogP contribution in [-0.2, 0) is 5.60 Å². The second kappa shape index (κ2) is 8.86. The van der Waals surface area contributed by atoms with Crippen LogP contribution < -0.4 is 0 Å². The third-order valence-electron chi connectivity index (χ3n) is 6.38. The lowest BCUT2D eigenvalue weighted by Crippen LogP contribution is -2.37. The number of halogens is 2. The van der Waals surface area contributed by atoms with Gasteiger partial charge in [-0.25, -0.2) is 9.18 Å². The van der Waals surface area contributed by atoms with E-state index in [9.17, 15) is 19.8 Å². The minimum absolute atomic E-state index is 0.0856. The van der Waals surface area contributed by atoms with Gasteiger partial charge in [0.05, 0.1) is 16.7 Å². The van der Waals surface area contributed by atoms with Crippen LogP contribution in [0.15, 0.2) is 36.4 Å². The molecule has 2 aromatic carbocycles. The second-order valence-electron chi connectivity index (χ2n) is 8.26. The zero-order chi connectivity index (χ0) is 22.1. The fourth-order valence-electron chi connectivity index (χ4n) is 4.47. The number of ketones is 1. The molecule has 0 aromatic heterocycles. The summed E-state index contributed by atoms with van der Waals surface area (Å²) >= 11 is 5.84. The van der Waals surface area contributed by atoms with Crippen molar-refractivity contribution in [3.63, 3.8) is 0 Å². The number of carboxylic acid groups (broad SMARTS) is 1. The summed E-state index contributed by atoms with van der Waals surface area (Å²) in [5, 5.41) is 21.6.